The fourth-order valence-electron chi connectivity index (χ4n) is 6.29. The average molecular weight is 550 g/mol. The Kier molecular flexibility index (Phi) is 6.84. The molecule has 3 aromatic heterocycles. The lowest BCUT2D eigenvalue weighted by molar-refractivity contribution is -0.132. The average Bonchev–Trinajstić information content (AvgIpc) is 3.58. The van der Waals surface area contributed by atoms with E-state index in [2.05, 4.69) is 49.2 Å². The number of piperidine rings is 2. The molecule has 6 rings (SSSR count). The Morgan fingerprint density at radius 2 is 1.90 bits per heavy atom. The van der Waals surface area contributed by atoms with E-state index in [9.17, 15) is 9.59 Å². The van der Waals surface area contributed by atoms with Crippen molar-refractivity contribution >= 4 is 34.2 Å². The van der Waals surface area contributed by atoms with Crippen LogP contribution in [0, 0.1) is 0 Å². The molecule has 0 aromatic carbocycles. The lowest BCUT2D eigenvalue weighted by Gasteiger charge is -2.40. The number of aromatic nitrogens is 5. The summed E-state index contributed by atoms with van der Waals surface area (Å²) in [6.07, 6.45) is 8.63. The number of hydrogen-bond acceptors (Lipinski definition) is 9. The summed E-state index contributed by atoms with van der Waals surface area (Å²) < 4.78 is 0. The Balaban J connectivity index is 1.09. The fraction of sp³-hybridized carbons (Fsp3) is 0.556. The van der Waals surface area contributed by atoms with Gasteiger partial charge in [-0.15, -0.1) is 11.3 Å². The maximum Gasteiger partial charge on any atom is 0.275 e. The number of hydrogen-bond donors (Lipinski definition) is 3. The number of nitrogens with two attached hydrogens (primary N) is 1. The van der Waals surface area contributed by atoms with E-state index in [1.807, 2.05) is 10.3 Å². The molecule has 0 spiro atoms. The van der Waals surface area contributed by atoms with Crippen LogP contribution >= 0.6 is 11.3 Å². The van der Waals surface area contributed by atoms with Gasteiger partial charge in [-0.1, -0.05) is 20.3 Å². The highest BCUT2D eigenvalue weighted by Crippen LogP contribution is 2.42. The molecule has 2 saturated heterocycles. The van der Waals surface area contributed by atoms with E-state index in [0.29, 0.717) is 40.4 Å². The van der Waals surface area contributed by atoms with E-state index in [1.54, 1.807) is 6.20 Å². The molecule has 3 aliphatic rings. The number of amides is 2. The van der Waals surface area contributed by atoms with Crippen molar-refractivity contribution < 1.29 is 9.59 Å². The van der Waals surface area contributed by atoms with Gasteiger partial charge in [-0.2, -0.15) is 5.10 Å². The van der Waals surface area contributed by atoms with Crippen molar-refractivity contribution in [2.24, 2.45) is 0 Å². The minimum absolute atomic E-state index is 0.0968. The largest absolute Gasteiger partial charge is 0.368 e. The van der Waals surface area contributed by atoms with Gasteiger partial charge < -0.3 is 15.5 Å². The Hall–Kier alpha value is -3.38. The zero-order valence-corrected chi connectivity index (χ0v) is 23.3. The molecule has 2 aliphatic heterocycles. The number of thiazole rings is 1. The van der Waals surface area contributed by atoms with Crippen molar-refractivity contribution in [3.05, 3.63) is 34.1 Å². The predicted molar refractivity (Wildman–Crippen MR) is 150 cm³/mol. The third-order valence-electron chi connectivity index (χ3n) is 8.24. The number of anilines is 2. The van der Waals surface area contributed by atoms with Gasteiger partial charge in [0, 0.05) is 36.3 Å². The van der Waals surface area contributed by atoms with Crippen molar-refractivity contribution in [1.29, 1.82) is 0 Å². The van der Waals surface area contributed by atoms with Gasteiger partial charge in [0.2, 0.25) is 11.9 Å². The molecule has 0 saturated carbocycles. The molecule has 206 valence electrons. The summed E-state index contributed by atoms with van der Waals surface area (Å²) in [5.41, 5.74) is 9.53. The molecule has 2 amide bonds. The lowest BCUT2D eigenvalue weighted by atomic mass is 9.73. The van der Waals surface area contributed by atoms with Crippen LogP contribution in [0.1, 0.15) is 73.3 Å². The highest BCUT2D eigenvalue weighted by Gasteiger charge is 2.38. The first-order valence-electron chi connectivity index (χ1n) is 13.8. The van der Waals surface area contributed by atoms with Crippen molar-refractivity contribution in [1.82, 2.24) is 34.9 Å². The second-order valence-electron chi connectivity index (χ2n) is 11.5. The molecular formula is C27H35N9O2S. The molecular weight excluding hydrogens is 514 g/mol. The van der Waals surface area contributed by atoms with Crippen LogP contribution in [-0.4, -0.2) is 79.0 Å². The number of carbonyl (C=O) groups is 2. The number of fused-ring (bicyclic) bond motifs is 3. The van der Waals surface area contributed by atoms with Gasteiger partial charge in [-0.05, 0) is 56.2 Å². The van der Waals surface area contributed by atoms with Crippen LogP contribution in [0.25, 0.3) is 11.4 Å². The number of nitrogens with zero attached hydrogens (tertiary/aromatic N) is 6. The van der Waals surface area contributed by atoms with Crippen LogP contribution < -0.4 is 11.1 Å². The highest BCUT2D eigenvalue weighted by molar-refractivity contribution is 7.14. The van der Waals surface area contributed by atoms with E-state index in [4.69, 9.17) is 5.73 Å². The summed E-state index contributed by atoms with van der Waals surface area (Å²) in [4.78, 5) is 43.9. The van der Waals surface area contributed by atoms with Gasteiger partial charge in [-0.25, -0.2) is 15.0 Å². The smallest absolute Gasteiger partial charge is 0.275 e. The van der Waals surface area contributed by atoms with E-state index < -0.39 is 0 Å². The maximum absolute atomic E-state index is 13.3. The minimum atomic E-state index is -0.358. The molecule has 4 N–H and O–H groups in total. The summed E-state index contributed by atoms with van der Waals surface area (Å²) in [7, 11) is 0. The number of carbonyl (C=O) groups excluding carboxylic acids is 2. The van der Waals surface area contributed by atoms with Crippen LogP contribution in [0.15, 0.2) is 11.6 Å². The molecule has 11 nitrogen and oxygen atoms in total. The first-order chi connectivity index (χ1) is 18.8. The molecule has 3 aromatic rings. The fourth-order valence-corrected chi connectivity index (χ4v) is 7.00. The summed E-state index contributed by atoms with van der Waals surface area (Å²) in [6.45, 7) is 8.13. The van der Waals surface area contributed by atoms with Gasteiger partial charge in [-0.3, -0.25) is 20.0 Å². The van der Waals surface area contributed by atoms with Crippen molar-refractivity contribution in [2.45, 2.75) is 70.3 Å². The number of aromatic amines is 1. The van der Waals surface area contributed by atoms with Crippen LogP contribution in [0.5, 0.6) is 0 Å². The minimum Gasteiger partial charge on any atom is -0.368 e. The third kappa shape index (κ3) is 5.14. The SMILES string of the molecule is CC1(C)Cc2cnc(N)nc2-c2n[nH]c(C(=O)Nc3nc(CC(=O)N4CCC(N5CCCCC5)CC4)cs3)c21. The molecule has 0 bridgehead atoms. The van der Waals surface area contributed by atoms with E-state index in [0.717, 1.165) is 37.1 Å². The number of rotatable bonds is 5. The zero-order chi connectivity index (χ0) is 27.1. The van der Waals surface area contributed by atoms with Crippen molar-refractivity contribution in [3.63, 3.8) is 0 Å². The van der Waals surface area contributed by atoms with Gasteiger partial charge in [0.1, 0.15) is 11.4 Å². The van der Waals surface area contributed by atoms with Crippen LogP contribution in [0.3, 0.4) is 0 Å². The summed E-state index contributed by atoms with van der Waals surface area (Å²) in [6, 6.07) is 0.604. The number of nitrogens with one attached hydrogen (secondary N) is 2. The molecule has 2 fully saturated rings. The van der Waals surface area contributed by atoms with Crippen molar-refractivity contribution in [3.8, 4) is 11.4 Å². The second kappa shape index (κ2) is 10.3. The molecule has 12 heteroatoms. The van der Waals surface area contributed by atoms with Gasteiger partial charge in [0.25, 0.3) is 5.91 Å². The normalized spacial score (nSPS) is 19.4. The van der Waals surface area contributed by atoms with Crippen LogP contribution in [-0.2, 0) is 23.1 Å². The Morgan fingerprint density at radius 3 is 2.67 bits per heavy atom. The molecule has 0 radical (unpaired) electrons. The first kappa shape index (κ1) is 25.9. The molecule has 0 unspecified atom stereocenters. The summed E-state index contributed by atoms with van der Waals surface area (Å²) >= 11 is 1.32. The highest BCUT2D eigenvalue weighted by atomic mass is 32.1. The Bertz CT molecular complexity index is 1380. The topological polar surface area (TPSA) is 146 Å². The monoisotopic (exact) mass is 549 g/mol. The quantitative estimate of drug-likeness (QED) is 0.440. The Labute approximate surface area is 231 Å². The van der Waals surface area contributed by atoms with E-state index >= 15 is 0 Å². The lowest BCUT2D eigenvalue weighted by Crippen LogP contribution is -2.48. The molecule has 1 aliphatic carbocycles. The zero-order valence-electron chi connectivity index (χ0n) is 22.5. The van der Waals surface area contributed by atoms with Crippen molar-refractivity contribution in [2.75, 3.05) is 37.2 Å². The third-order valence-corrected chi connectivity index (χ3v) is 9.05. The number of nitrogen functional groups attached to an aromatic ring is 1. The maximum atomic E-state index is 13.3. The molecule has 5 heterocycles. The Morgan fingerprint density at radius 1 is 1.13 bits per heavy atom. The van der Waals surface area contributed by atoms with Crippen LogP contribution in [0.4, 0.5) is 11.1 Å². The van der Waals surface area contributed by atoms with Gasteiger partial charge >= 0.3 is 0 Å². The standard InChI is InChI=1S/C27H35N9O2S/c1-27(2)13-16-14-29-25(28)31-21(16)22-20(27)23(34-33-22)24(38)32-26-30-17(15-39-26)12-19(37)36-10-6-18(7-11-36)35-8-4-3-5-9-35/h14-15,18H,3-13H2,1-2H3,(H,33,34)(H2,28,29,31)(H,30,32,38). The first-order valence-corrected chi connectivity index (χ1v) is 14.6. The summed E-state index contributed by atoms with van der Waals surface area (Å²) in [5, 5.41) is 12.5. The second-order valence-corrected chi connectivity index (χ2v) is 12.3. The molecule has 39 heavy (non-hydrogen) atoms. The predicted octanol–water partition coefficient (Wildman–Crippen LogP) is 3.01. The van der Waals surface area contributed by atoms with E-state index in [-0.39, 0.29) is 29.6 Å². The number of H-pyrrole nitrogens is 1. The van der Waals surface area contributed by atoms with Crippen LogP contribution in [0.2, 0.25) is 0 Å². The summed E-state index contributed by atoms with van der Waals surface area (Å²) in [5.74, 6) is -0.0569. The molecule has 0 atom stereocenters. The van der Waals surface area contributed by atoms with Gasteiger partial charge in [0.15, 0.2) is 5.13 Å². The van der Waals surface area contributed by atoms with Gasteiger partial charge in [0.05, 0.1) is 17.8 Å². The number of likely N-dealkylation sites (tertiary alicyclic amines) is 2. The van der Waals surface area contributed by atoms with E-state index in [1.165, 1.54) is 43.7 Å².